The molecule has 33 heavy (non-hydrogen) atoms. The van der Waals surface area contributed by atoms with Crippen molar-refractivity contribution < 1.29 is 19.2 Å². The molecule has 0 bridgehead atoms. The summed E-state index contributed by atoms with van der Waals surface area (Å²) in [5, 5.41) is 5.50. The normalized spacial score (nSPS) is 19.6. The van der Waals surface area contributed by atoms with Gasteiger partial charge in [-0.1, -0.05) is 30.3 Å². The molecule has 2 aromatic rings. The summed E-state index contributed by atoms with van der Waals surface area (Å²) in [6, 6.07) is 14.1. The first-order chi connectivity index (χ1) is 16.0. The van der Waals surface area contributed by atoms with E-state index in [0.717, 1.165) is 37.1 Å². The highest BCUT2D eigenvalue weighted by Crippen LogP contribution is 2.41. The van der Waals surface area contributed by atoms with Crippen LogP contribution in [0.4, 0.5) is 5.69 Å². The highest BCUT2D eigenvalue weighted by Gasteiger charge is 2.47. The van der Waals surface area contributed by atoms with E-state index in [-0.39, 0.29) is 36.2 Å². The molecule has 2 aliphatic heterocycles. The molecular weight excluding hydrogens is 420 g/mol. The molecule has 1 saturated carbocycles. The second kappa shape index (κ2) is 8.69. The van der Waals surface area contributed by atoms with Gasteiger partial charge in [0.1, 0.15) is 6.04 Å². The minimum absolute atomic E-state index is 0.0910. The maximum Gasteiger partial charge on any atom is 0.255 e. The number of anilines is 1. The predicted octanol–water partition coefficient (Wildman–Crippen LogP) is 1.91. The molecule has 0 aromatic heterocycles. The summed E-state index contributed by atoms with van der Waals surface area (Å²) in [5.41, 5.74) is 3.03. The fraction of sp³-hybridized carbons (Fsp3) is 0.360. The van der Waals surface area contributed by atoms with Crippen molar-refractivity contribution in [1.29, 1.82) is 0 Å². The summed E-state index contributed by atoms with van der Waals surface area (Å²) in [4.78, 5) is 53.3. The molecule has 170 valence electrons. The summed E-state index contributed by atoms with van der Waals surface area (Å²) in [7, 11) is 0. The molecule has 2 N–H and O–H groups in total. The molecule has 0 radical (unpaired) electrons. The molecule has 5 rings (SSSR count). The van der Waals surface area contributed by atoms with Crippen LogP contribution in [-0.2, 0) is 20.9 Å². The number of hydrogen-bond acceptors (Lipinski definition) is 4. The molecule has 1 saturated heterocycles. The van der Waals surface area contributed by atoms with Crippen molar-refractivity contribution in [3.63, 3.8) is 0 Å². The van der Waals surface area contributed by atoms with Gasteiger partial charge in [0.25, 0.3) is 5.91 Å². The van der Waals surface area contributed by atoms with Gasteiger partial charge in [0, 0.05) is 36.8 Å². The van der Waals surface area contributed by atoms with Crippen LogP contribution in [0.25, 0.3) is 0 Å². The van der Waals surface area contributed by atoms with Gasteiger partial charge in [-0.25, -0.2) is 0 Å². The van der Waals surface area contributed by atoms with Crippen LogP contribution in [0.15, 0.2) is 48.5 Å². The number of fused-ring (bicyclic) bond motifs is 1. The molecule has 2 heterocycles. The lowest BCUT2D eigenvalue weighted by atomic mass is 10.0. The van der Waals surface area contributed by atoms with E-state index in [1.165, 1.54) is 0 Å². The van der Waals surface area contributed by atoms with Crippen LogP contribution < -0.4 is 15.5 Å². The Hall–Kier alpha value is -3.68. The van der Waals surface area contributed by atoms with E-state index in [9.17, 15) is 19.2 Å². The number of nitrogens with one attached hydrogen (secondary N) is 2. The first-order valence-corrected chi connectivity index (χ1v) is 11.4. The van der Waals surface area contributed by atoms with Crippen LogP contribution >= 0.6 is 0 Å². The monoisotopic (exact) mass is 446 g/mol. The second-order valence-electron chi connectivity index (χ2n) is 8.74. The molecular formula is C25H26N4O4. The van der Waals surface area contributed by atoms with Gasteiger partial charge in [-0.05, 0) is 48.6 Å². The van der Waals surface area contributed by atoms with Crippen molar-refractivity contribution in [3.8, 4) is 0 Å². The van der Waals surface area contributed by atoms with Crippen LogP contribution in [0.5, 0.6) is 0 Å². The maximum absolute atomic E-state index is 12.9. The first-order valence-electron chi connectivity index (χ1n) is 11.4. The van der Waals surface area contributed by atoms with Crippen molar-refractivity contribution in [2.24, 2.45) is 0 Å². The van der Waals surface area contributed by atoms with Crippen molar-refractivity contribution in [2.75, 3.05) is 18.0 Å². The minimum atomic E-state index is -0.685. The van der Waals surface area contributed by atoms with Crippen molar-refractivity contribution >= 4 is 29.3 Å². The van der Waals surface area contributed by atoms with Crippen LogP contribution in [0, 0.1) is 0 Å². The van der Waals surface area contributed by atoms with Gasteiger partial charge in [-0.15, -0.1) is 0 Å². The van der Waals surface area contributed by atoms with Crippen molar-refractivity contribution in [1.82, 2.24) is 15.5 Å². The third-order valence-corrected chi connectivity index (χ3v) is 6.42. The smallest absolute Gasteiger partial charge is 0.255 e. The van der Waals surface area contributed by atoms with Gasteiger partial charge in [-0.2, -0.15) is 0 Å². The molecule has 4 amide bonds. The fourth-order valence-corrected chi connectivity index (χ4v) is 4.58. The SMILES string of the molecule is O=C(CNC(=O)C1c2ccccc2C(=O)N1C1CC1)NCc1ccc(N2CCCC2=O)cc1. The number of rotatable bonds is 7. The number of nitrogens with zero attached hydrogens (tertiary/aromatic N) is 2. The molecule has 0 spiro atoms. The van der Waals surface area contributed by atoms with Crippen molar-refractivity contribution in [3.05, 3.63) is 65.2 Å². The van der Waals surface area contributed by atoms with Gasteiger partial charge in [-0.3, -0.25) is 19.2 Å². The number of carbonyl (C=O) groups excluding carboxylic acids is 4. The van der Waals surface area contributed by atoms with Gasteiger partial charge in [0.05, 0.1) is 6.54 Å². The van der Waals surface area contributed by atoms with E-state index in [0.29, 0.717) is 24.1 Å². The van der Waals surface area contributed by atoms with Crippen molar-refractivity contribution in [2.45, 2.75) is 44.3 Å². The number of amides is 4. The molecule has 1 unspecified atom stereocenters. The van der Waals surface area contributed by atoms with Crippen LogP contribution in [0.2, 0.25) is 0 Å². The number of carbonyl (C=O) groups is 4. The highest BCUT2D eigenvalue weighted by molar-refractivity contribution is 6.05. The topological polar surface area (TPSA) is 98.8 Å². The lowest BCUT2D eigenvalue weighted by Crippen LogP contribution is -2.43. The first kappa shape index (κ1) is 21.2. The number of benzene rings is 2. The van der Waals surface area contributed by atoms with Crippen LogP contribution in [0.3, 0.4) is 0 Å². The van der Waals surface area contributed by atoms with E-state index in [1.807, 2.05) is 30.3 Å². The standard InChI is InChI=1S/C25H26N4O4/c30-21(26-14-16-7-9-17(10-8-16)28-13-3-6-22(28)31)15-27-24(32)23-19-4-1-2-5-20(19)25(33)29(23)18-11-12-18/h1-2,4-5,7-10,18,23H,3,6,11-15H2,(H,26,30)(H,27,32). The summed E-state index contributed by atoms with van der Waals surface area (Å²) >= 11 is 0. The summed E-state index contributed by atoms with van der Waals surface area (Å²) in [6.07, 6.45) is 3.26. The molecule has 2 fully saturated rings. The largest absolute Gasteiger partial charge is 0.350 e. The van der Waals surface area contributed by atoms with E-state index in [2.05, 4.69) is 10.6 Å². The molecule has 1 atom stereocenters. The Labute approximate surface area is 191 Å². The minimum Gasteiger partial charge on any atom is -0.350 e. The second-order valence-corrected chi connectivity index (χ2v) is 8.74. The highest BCUT2D eigenvalue weighted by atomic mass is 16.2. The summed E-state index contributed by atoms with van der Waals surface area (Å²) < 4.78 is 0. The lowest BCUT2D eigenvalue weighted by molar-refractivity contribution is -0.129. The molecule has 1 aliphatic carbocycles. The number of hydrogen-bond donors (Lipinski definition) is 2. The van der Waals surface area contributed by atoms with Gasteiger partial charge >= 0.3 is 0 Å². The zero-order chi connectivity index (χ0) is 22.9. The summed E-state index contributed by atoms with van der Waals surface area (Å²) in [5.74, 6) is -0.622. The Morgan fingerprint density at radius 1 is 0.970 bits per heavy atom. The Morgan fingerprint density at radius 3 is 2.42 bits per heavy atom. The average Bonchev–Trinajstić information content (AvgIpc) is 3.51. The molecule has 2 aromatic carbocycles. The van der Waals surface area contributed by atoms with E-state index >= 15 is 0 Å². The third-order valence-electron chi connectivity index (χ3n) is 6.42. The van der Waals surface area contributed by atoms with Crippen LogP contribution in [0.1, 0.15) is 53.2 Å². The Kier molecular flexibility index (Phi) is 5.58. The van der Waals surface area contributed by atoms with E-state index in [1.54, 1.807) is 28.0 Å². The molecule has 3 aliphatic rings. The zero-order valence-corrected chi connectivity index (χ0v) is 18.3. The van der Waals surface area contributed by atoms with Crippen LogP contribution in [-0.4, -0.2) is 47.7 Å². The Bertz CT molecular complexity index is 1110. The van der Waals surface area contributed by atoms with Gasteiger partial charge in [0.15, 0.2) is 0 Å². The third kappa shape index (κ3) is 4.20. The van der Waals surface area contributed by atoms with Gasteiger partial charge in [0.2, 0.25) is 17.7 Å². The van der Waals surface area contributed by atoms with Gasteiger partial charge < -0.3 is 20.4 Å². The quantitative estimate of drug-likeness (QED) is 0.679. The lowest BCUT2D eigenvalue weighted by Gasteiger charge is -2.24. The molecule has 8 heteroatoms. The van der Waals surface area contributed by atoms with E-state index < -0.39 is 6.04 Å². The average molecular weight is 447 g/mol. The Morgan fingerprint density at radius 2 is 1.73 bits per heavy atom. The summed E-state index contributed by atoms with van der Waals surface area (Å²) in [6.45, 7) is 0.899. The predicted molar refractivity (Wildman–Crippen MR) is 121 cm³/mol. The molecule has 8 nitrogen and oxygen atoms in total. The maximum atomic E-state index is 12.9. The zero-order valence-electron chi connectivity index (χ0n) is 18.3. The van der Waals surface area contributed by atoms with E-state index in [4.69, 9.17) is 0 Å². The fourth-order valence-electron chi connectivity index (χ4n) is 4.58. The Balaban J connectivity index is 1.15.